The molecule has 1 fully saturated rings. The Balaban J connectivity index is 2.61. The third-order valence-corrected chi connectivity index (χ3v) is 3.57. The summed E-state index contributed by atoms with van der Waals surface area (Å²) in [6.07, 6.45) is 4.07. The summed E-state index contributed by atoms with van der Waals surface area (Å²) >= 11 is 0. The summed E-state index contributed by atoms with van der Waals surface area (Å²) in [5.41, 5.74) is 0.778. The number of carbonyl (C=O) groups excluding carboxylic acids is 1. The van der Waals surface area contributed by atoms with E-state index in [4.69, 9.17) is 9.47 Å². The van der Waals surface area contributed by atoms with Gasteiger partial charge in [0, 0.05) is 18.7 Å². The summed E-state index contributed by atoms with van der Waals surface area (Å²) in [5, 5.41) is 0. The molecule has 0 unspecified atom stereocenters. The highest BCUT2D eigenvalue weighted by atomic mass is 19.1. The van der Waals surface area contributed by atoms with Crippen molar-refractivity contribution in [1.29, 1.82) is 0 Å². The first kappa shape index (κ1) is 13.7. The second-order valence-electron chi connectivity index (χ2n) is 4.66. The zero-order valence-electron chi connectivity index (χ0n) is 11.0. The van der Waals surface area contributed by atoms with E-state index in [1.165, 1.54) is 26.4 Å². The lowest BCUT2D eigenvalue weighted by Gasteiger charge is -2.39. The van der Waals surface area contributed by atoms with Crippen LogP contribution in [0.2, 0.25) is 0 Å². The van der Waals surface area contributed by atoms with Crippen LogP contribution in [0, 0.1) is 5.82 Å². The van der Waals surface area contributed by atoms with E-state index in [1.807, 2.05) is 0 Å². The van der Waals surface area contributed by atoms with Crippen molar-refractivity contribution in [3.63, 3.8) is 0 Å². The Morgan fingerprint density at radius 1 is 1.42 bits per heavy atom. The van der Waals surface area contributed by atoms with Crippen LogP contribution in [-0.2, 0) is 21.7 Å². The van der Waals surface area contributed by atoms with Crippen molar-refractivity contribution in [1.82, 2.24) is 0 Å². The molecule has 0 saturated heterocycles. The largest absolute Gasteiger partial charge is 0.496 e. The lowest BCUT2D eigenvalue weighted by Crippen LogP contribution is -2.33. The average Bonchev–Trinajstić information content (AvgIpc) is 2.34. The lowest BCUT2D eigenvalue weighted by atomic mass is 9.70. The molecule has 102 valence electrons. The van der Waals surface area contributed by atoms with Gasteiger partial charge >= 0.3 is 0 Å². The van der Waals surface area contributed by atoms with Crippen molar-refractivity contribution in [3.8, 4) is 5.75 Å². The van der Waals surface area contributed by atoms with Crippen molar-refractivity contribution in [2.45, 2.75) is 31.4 Å². The molecule has 1 aromatic carbocycles. The summed E-state index contributed by atoms with van der Waals surface area (Å²) in [5.74, 6) is 0.0166. The molecule has 0 aliphatic heterocycles. The molecule has 1 aliphatic carbocycles. The minimum atomic E-state index is -0.630. The minimum Gasteiger partial charge on any atom is -0.496 e. The average molecular weight is 265 g/mol. The van der Waals surface area contributed by atoms with E-state index in [0.717, 1.165) is 24.8 Å². The lowest BCUT2D eigenvalue weighted by molar-refractivity contribution is 0.176. The Labute approximate surface area is 111 Å². The molecule has 0 N–H and O–H groups in total. The number of hydrogen-bond acceptors (Lipinski definition) is 4. The molecule has 19 heavy (non-hydrogen) atoms. The number of isocyanates is 1. The summed E-state index contributed by atoms with van der Waals surface area (Å²) in [6, 6.07) is 2.72. The van der Waals surface area contributed by atoms with Gasteiger partial charge in [0.15, 0.2) is 0 Å². The topological polar surface area (TPSA) is 47.9 Å². The normalized spacial score (nSPS) is 16.4. The van der Waals surface area contributed by atoms with Gasteiger partial charge in [0.1, 0.15) is 17.1 Å². The van der Waals surface area contributed by atoms with Gasteiger partial charge < -0.3 is 9.47 Å². The molecule has 0 heterocycles. The molecular formula is C14H16FNO3. The van der Waals surface area contributed by atoms with Gasteiger partial charge in [-0.1, -0.05) is 0 Å². The summed E-state index contributed by atoms with van der Waals surface area (Å²) < 4.78 is 23.9. The van der Waals surface area contributed by atoms with Crippen LogP contribution in [0.15, 0.2) is 17.1 Å². The Hall–Kier alpha value is -1.71. The number of benzene rings is 1. The molecule has 1 aromatic rings. The maximum atomic E-state index is 13.6. The van der Waals surface area contributed by atoms with E-state index in [2.05, 4.69) is 4.99 Å². The summed E-state index contributed by atoms with van der Waals surface area (Å²) in [6.45, 7) is 0.250. The molecule has 0 radical (unpaired) electrons. The van der Waals surface area contributed by atoms with Crippen molar-refractivity contribution in [3.05, 3.63) is 29.1 Å². The number of methoxy groups -OCH3 is 2. The number of hydrogen-bond donors (Lipinski definition) is 0. The number of aliphatic imine (C=N–C) groups is 1. The van der Waals surface area contributed by atoms with E-state index in [0.29, 0.717) is 11.3 Å². The zero-order valence-corrected chi connectivity index (χ0v) is 11.0. The highest BCUT2D eigenvalue weighted by Crippen LogP contribution is 2.49. The van der Waals surface area contributed by atoms with Crippen molar-refractivity contribution in [2.24, 2.45) is 4.99 Å². The summed E-state index contributed by atoms with van der Waals surface area (Å²) in [4.78, 5) is 14.6. The monoisotopic (exact) mass is 265 g/mol. The molecule has 4 nitrogen and oxygen atoms in total. The number of nitrogens with zero attached hydrogens (tertiary/aromatic N) is 1. The van der Waals surface area contributed by atoms with Crippen LogP contribution in [0.4, 0.5) is 4.39 Å². The quantitative estimate of drug-likeness (QED) is 0.607. The van der Waals surface area contributed by atoms with E-state index in [1.54, 1.807) is 6.08 Å². The van der Waals surface area contributed by atoms with Crippen LogP contribution in [-0.4, -0.2) is 20.3 Å². The van der Waals surface area contributed by atoms with Gasteiger partial charge in [0.25, 0.3) is 0 Å². The van der Waals surface area contributed by atoms with Crippen molar-refractivity contribution >= 4 is 6.08 Å². The first-order chi connectivity index (χ1) is 9.16. The summed E-state index contributed by atoms with van der Waals surface area (Å²) in [7, 11) is 3.02. The molecular weight excluding hydrogens is 249 g/mol. The molecule has 1 saturated carbocycles. The third-order valence-electron chi connectivity index (χ3n) is 3.57. The number of rotatable bonds is 5. The maximum absolute atomic E-state index is 13.6. The zero-order chi connectivity index (χ0) is 13.9. The fourth-order valence-corrected chi connectivity index (χ4v) is 2.61. The van der Waals surface area contributed by atoms with Crippen molar-refractivity contribution in [2.75, 3.05) is 14.2 Å². The Morgan fingerprint density at radius 3 is 2.63 bits per heavy atom. The van der Waals surface area contributed by atoms with E-state index in [-0.39, 0.29) is 6.61 Å². The fourth-order valence-electron chi connectivity index (χ4n) is 2.61. The molecule has 0 atom stereocenters. The van der Waals surface area contributed by atoms with Gasteiger partial charge in [-0.25, -0.2) is 9.18 Å². The van der Waals surface area contributed by atoms with Crippen LogP contribution in [0.1, 0.15) is 30.4 Å². The highest BCUT2D eigenvalue weighted by molar-refractivity contribution is 5.49. The Morgan fingerprint density at radius 2 is 2.16 bits per heavy atom. The second-order valence-corrected chi connectivity index (χ2v) is 4.66. The maximum Gasteiger partial charge on any atom is 0.235 e. The van der Waals surface area contributed by atoms with Gasteiger partial charge in [-0.05, 0) is 30.9 Å². The Kier molecular flexibility index (Phi) is 3.98. The van der Waals surface area contributed by atoms with Crippen LogP contribution in [0.3, 0.4) is 0 Å². The molecule has 0 aromatic heterocycles. The molecule has 5 heteroatoms. The van der Waals surface area contributed by atoms with Crippen molar-refractivity contribution < 1.29 is 18.7 Å². The predicted octanol–water partition coefficient (Wildman–Crippen LogP) is 2.70. The van der Waals surface area contributed by atoms with Gasteiger partial charge in [-0.2, -0.15) is 4.99 Å². The van der Waals surface area contributed by atoms with Gasteiger partial charge in [-0.15, -0.1) is 0 Å². The Bertz CT molecular complexity index is 520. The standard InChI is InChI=1S/C14H16FNO3/c1-18-8-10-6-11(15)7-12(19-2)13(10)14(16-9-17)4-3-5-14/h6-7H,3-5,8H2,1-2H3. The SMILES string of the molecule is COCc1cc(F)cc(OC)c1C1(N=C=O)CCC1. The molecule has 1 aliphatic rings. The van der Waals surface area contributed by atoms with Crippen LogP contribution in [0.25, 0.3) is 0 Å². The predicted molar refractivity (Wildman–Crippen MR) is 67.3 cm³/mol. The van der Waals surface area contributed by atoms with E-state index < -0.39 is 11.4 Å². The second kappa shape index (κ2) is 5.51. The molecule has 0 bridgehead atoms. The van der Waals surface area contributed by atoms with Crippen LogP contribution < -0.4 is 4.74 Å². The number of ether oxygens (including phenoxy) is 2. The number of halogens is 1. The van der Waals surface area contributed by atoms with E-state index in [9.17, 15) is 9.18 Å². The first-order valence-electron chi connectivity index (χ1n) is 6.11. The van der Waals surface area contributed by atoms with Gasteiger partial charge in [-0.3, -0.25) is 0 Å². The molecule has 2 rings (SSSR count). The highest BCUT2D eigenvalue weighted by Gasteiger charge is 2.42. The molecule has 0 spiro atoms. The minimum absolute atomic E-state index is 0.250. The van der Waals surface area contributed by atoms with Crippen LogP contribution >= 0.6 is 0 Å². The van der Waals surface area contributed by atoms with Gasteiger partial charge in [0.2, 0.25) is 6.08 Å². The van der Waals surface area contributed by atoms with Gasteiger partial charge in [0.05, 0.1) is 13.7 Å². The smallest absolute Gasteiger partial charge is 0.235 e. The first-order valence-corrected chi connectivity index (χ1v) is 6.11. The fraction of sp³-hybridized carbons (Fsp3) is 0.500. The van der Waals surface area contributed by atoms with E-state index >= 15 is 0 Å². The molecule has 0 amide bonds. The van der Waals surface area contributed by atoms with Crippen LogP contribution in [0.5, 0.6) is 5.75 Å². The third kappa shape index (κ3) is 2.39.